The van der Waals surface area contributed by atoms with Gasteiger partial charge in [-0.2, -0.15) is 0 Å². The van der Waals surface area contributed by atoms with Gasteiger partial charge in [-0.25, -0.2) is 0 Å². The fourth-order valence-electron chi connectivity index (χ4n) is 2.35. The maximum atomic E-state index is 10.3. The van der Waals surface area contributed by atoms with Crippen molar-refractivity contribution in [2.45, 2.75) is 96.8 Å². The molecule has 154 valence electrons. The molecule has 0 saturated carbocycles. The summed E-state index contributed by atoms with van der Waals surface area (Å²) >= 11 is 0. The van der Waals surface area contributed by atoms with Crippen molar-refractivity contribution >= 4 is 5.97 Å². The van der Waals surface area contributed by atoms with Crippen molar-refractivity contribution in [3.05, 3.63) is 51.6 Å². The third-order valence-electron chi connectivity index (χ3n) is 3.65. The standard InChI is InChI=1S/C18H34O2.3C2H4/c1-2-3-4-5-6-7-8-9-10-11-12-13-14-15-16-17-18(19)20;3*1-2/h9-10H,2-8,11-17H2,1H3,(H,19,20);3*1-2H2/b10-9-;;;. The quantitative estimate of drug-likeness (QED) is 0.233. The molecule has 26 heavy (non-hydrogen) atoms. The van der Waals surface area contributed by atoms with Crippen molar-refractivity contribution in [1.82, 2.24) is 0 Å². The molecule has 2 nitrogen and oxygen atoms in total. The molecule has 0 bridgehead atoms. The van der Waals surface area contributed by atoms with E-state index < -0.39 is 5.97 Å². The third kappa shape index (κ3) is 43.3. The SMILES string of the molecule is C=C.C=C.C=C.CCCCCCCC/C=C\CCCCCCCC(=O)O. The van der Waals surface area contributed by atoms with E-state index in [1.807, 2.05) is 0 Å². The summed E-state index contributed by atoms with van der Waals surface area (Å²) in [5.41, 5.74) is 0. The Hall–Kier alpha value is -1.57. The highest BCUT2D eigenvalue weighted by atomic mass is 16.4. The van der Waals surface area contributed by atoms with E-state index in [2.05, 4.69) is 58.5 Å². The summed E-state index contributed by atoms with van der Waals surface area (Å²) in [6.45, 7) is 20.3. The lowest BCUT2D eigenvalue weighted by Gasteiger charge is -1.99. The van der Waals surface area contributed by atoms with Crippen molar-refractivity contribution in [3.8, 4) is 0 Å². The van der Waals surface area contributed by atoms with Crippen molar-refractivity contribution in [2.24, 2.45) is 0 Å². The minimum absolute atomic E-state index is 0.332. The van der Waals surface area contributed by atoms with Gasteiger partial charge in [0.1, 0.15) is 0 Å². The van der Waals surface area contributed by atoms with E-state index in [-0.39, 0.29) is 0 Å². The number of allylic oxidation sites excluding steroid dienone is 2. The first-order valence-electron chi connectivity index (χ1n) is 10.1. The van der Waals surface area contributed by atoms with Crippen molar-refractivity contribution in [3.63, 3.8) is 0 Å². The summed E-state index contributed by atoms with van der Waals surface area (Å²) in [6, 6.07) is 0. The molecule has 1 N–H and O–H groups in total. The van der Waals surface area contributed by atoms with Crippen LogP contribution in [-0.2, 0) is 4.79 Å². The Kier molecular flexibility index (Phi) is 48.0. The van der Waals surface area contributed by atoms with Gasteiger partial charge in [0.25, 0.3) is 0 Å². The smallest absolute Gasteiger partial charge is 0.303 e. The minimum atomic E-state index is -0.664. The maximum Gasteiger partial charge on any atom is 0.303 e. The number of carboxylic acid groups (broad SMARTS) is 1. The largest absolute Gasteiger partial charge is 0.481 e. The molecule has 0 spiro atoms. The van der Waals surface area contributed by atoms with Gasteiger partial charge in [0.15, 0.2) is 0 Å². The second-order valence-electron chi connectivity index (χ2n) is 5.73. The normalized spacial score (nSPS) is 9.12. The molecule has 0 amide bonds. The van der Waals surface area contributed by atoms with E-state index in [4.69, 9.17) is 5.11 Å². The fourth-order valence-corrected chi connectivity index (χ4v) is 2.35. The average Bonchev–Trinajstić information content (AvgIpc) is 2.69. The molecule has 0 aromatic carbocycles. The Morgan fingerprint density at radius 1 is 0.654 bits per heavy atom. The van der Waals surface area contributed by atoms with Crippen LogP contribution in [0, 0.1) is 0 Å². The molecule has 0 aliphatic rings. The van der Waals surface area contributed by atoms with E-state index >= 15 is 0 Å². The molecule has 0 saturated heterocycles. The zero-order chi connectivity index (χ0) is 20.9. The summed E-state index contributed by atoms with van der Waals surface area (Å²) in [7, 11) is 0. The van der Waals surface area contributed by atoms with Gasteiger partial charge in [0.2, 0.25) is 0 Å². The summed E-state index contributed by atoms with van der Waals surface area (Å²) in [5.74, 6) is -0.664. The summed E-state index contributed by atoms with van der Waals surface area (Å²) in [4.78, 5) is 10.3. The van der Waals surface area contributed by atoms with E-state index in [0.717, 1.165) is 12.8 Å². The monoisotopic (exact) mass is 366 g/mol. The van der Waals surface area contributed by atoms with Crippen LogP contribution in [0.5, 0.6) is 0 Å². The molecular formula is C24H46O2. The molecule has 0 aliphatic heterocycles. The zero-order valence-electron chi connectivity index (χ0n) is 17.7. The van der Waals surface area contributed by atoms with Gasteiger partial charge >= 0.3 is 5.97 Å². The Bertz CT molecular complexity index is 267. The van der Waals surface area contributed by atoms with Gasteiger partial charge in [-0.3, -0.25) is 4.79 Å². The highest BCUT2D eigenvalue weighted by molar-refractivity contribution is 5.66. The van der Waals surface area contributed by atoms with Crippen molar-refractivity contribution in [1.29, 1.82) is 0 Å². The fraction of sp³-hybridized carbons (Fsp3) is 0.625. The average molecular weight is 367 g/mol. The number of carboxylic acids is 1. The number of rotatable bonds is 15. The molecule has 0 heterocycles. The minimum Gasteiger partial charge on any atom is -0.481 e. The van der Waals surface area contributed by atoms with Crippen molar-refractivity contribution < 1.29 is 9.90 Å². The van der Waals surface area contributed by atoms with Crippen LogP contribution in [0.25, 0.3) is 0 Å². The van der Waals surface area contributed by atoms with E-state index in [1.165, 1.54) is 70.6 Å². The first kappa shape index (κ1) is 32.1. The first-order valence-corrected chi connectivity index (χ1v) is 10.1. The van der Waals surface area contributed by atoms with E-state index in [9.17, 15) is 4.79 Å². The van der Waals surface area contributed by atoms with Crippen LogP contribution in [0.2, 0.25) is 0 Å². The second-order valence-corrected chi connectivity index (χ2v) is 5.73. The van der Waals surface area contributed by atoms with E-state index in [0.29, 0.717) is 6.42 Å². The predicted molar refractivity (Wildman–Crippen MR) is 121 cm³/mol. The number of aliphatic carboxylic acids is 1. The van der Waals surface area contributed by atoms with Gasteiger partial charge in [-0.15, -0.1) is 39.5 Å². The van der Waals surface area contributed by atoms with Crippen LogP contribution in [-0.4, -0.2) is 11.1 Å². The molecule has 2 heteroatoms. The molecular weight excluding hydrogens is 320 g/mol. The van der Waals surface area contributed by atoms with Gasteiger partial charge in [0, 0.05) is 6.42 Å². The molecule has 0 aliphatic carbocycles. The molecule has 0 atom stereocenters. The Morgan fingerprint density at radius 3 is 1.38 bits per heavy atom. The first-order chi connectivity index (χ1) is 12.8. The summed E-state index contributed by atoms with van der Waals surface area (Å²) in [6.07, 6.45) is 21.2. The molecule has 0 fully saturated rings. The molecule has 0 aromatic rings. The van der Waals surface area contributed by atoms with Crippen LogP contribution >= 0.6 is 0 Å². The highest BCUT2D eigenvalue weighted by Gasteiger charge is 1.95. The van der Waals surface area contributed by atoms with Gasteiger partial charge in [0.05, 0.1) is 0 Å². The molecule has 0 unspecified atom stereocenters. The third-order valence-corrected chi connectivity index (χ3v) is 3.65. The summed E-state index contributed by atoms with van der Waals surface area (Å²) in [5, 5.41) is 8.51. The summed E-state index contributed by atoms with van der Waals surface area (Å²) < 4.78 is 0. The Balaban J connectivity index is -0.000000362. The lowest BCUT2D eigenvalue weighted by molar-refractivity contribution is -0.137. The van der Waals surface area contributed by atoms with Gasteiger partial charge in [-0.05, 0) is 32.1 Å². The Labute approximate surface area is 164 Å². The zero-order valence-corrected chi connectivity index (χ0v) is 17.7. The van der Waals surface area contributed by atoms with Crippen LogP contribution in [0.4, 0.5) is 0 Å². The van der Waals surface area contributed by atoms with Crippen molar-refractivity contribution in [2.75, 3.05) is 0 Å². The predicted octanol–water partition coefficient (Wildman–Crippen LogP) is 8.52. The topological polar surface area (TPSA) is 37.3 Å². The Morgan fingerprint density at radius 2 is 1.00 bits per heavy atom. The number of hydrogen-bond acceptors (Lipinski definition) is 1. The van der Waals surface area contributed by atoms with Crippen LogP contribution in [0.15, 0.2) is 51.6 Å². The lowest BCUT2D eigenvalue weighted by atomic mass is 10.1. The lowest BCUT2D eigenvalue weighted by Crippen LogP contribution is -1.93. The molecule has 0 rings (SSSR count). The highest BCUT2D eigenvalue weighted by Crippen LogP contribution is 2.09. The number of hydrogen-bond donors (Lipinski definition) is 1. The van der Waals surface area contributed by atoms with Gasteiger partial charge in [-0.1, -0.05) is 70.4 Å². The molecule has 0 radical (unpaired) electrons. The second kappa shape index (κ2) is 38.8. The number of unbranched alkanes of at least 4 members (excludes halogenated alkanes) is 11. The molecule has 0 aromatic heterocycles. The van der Waals surface area contributed by atoms with Crippen LogP contribution in [0.1, 0.15) is 96.8 Å². The maximum absolute atomic E-state index is 10.3. The van der Waals surface area contributed by atoms with Crippen LogP contribution < -0.4 is 0 Å². The van der Waals surface area contributed by atoms with Crippen LogP contribution in [0.3, 0.4) is 0 Å². The number of carbonyl (C=O) groups is 1. The van der Waals surface area contributed by atoms with Gasteiger partial charge < -0.3 is 5.11 Å². The van der Waals surface area contributed by atoms with E-state index in [1.54, 1.807) is 0 Å².